The third kappa shape index (κ3) is 3.66. The number of hydrogen-bond acceptors (Lipinski definition) is 2. The lowest BCUT2D eigenvalue weighted by Gasteiger charge is -2.12. The number of carbonyl (C=O) groups excluding carboxylic acids is 1. The van der Waals surface area contributed by atoms with Gasteiger partial charge in [-0.05, 0) is 44.0 Å². The molecule has 0 radical (unpaired) electrons. The van der Waals surface area contributed by atoms with Crippen LogP contribution in [-0.4, -0.2) is 10.5 Å². The van der Waals surface area contributed by atoms with Crippen LogP contribution >= 0.6 is 0 Å². The molecule has 0 aliphatic rings. The first-order valence-electron chi connectivity index (χ1n) is 7.39. The summed E-state index contributed by atoms with van der Waals surface area (Å²) in [6.07, 6.45) is 3.97. The van der Waals surface area contributed by atoms with Crippen LogP contribution in [0.1, 0.15) is 49.3 Å². The summed E-state index contributed by atoms with van der Waals surface area (Å²) in [5.41, 5.74) is 9.07. The van der Waals surface area contributed by atoms with Crippen molar-refractivity contribution in [1.29, 1.82) is 0 Å². The van der Waals surface area contributed by atoms with Gasteiger partial charge in [-0.15, -0.1) is 0 Å². The van der Waals surface area contributed by atoms with Crippen LogP contribution in [0, 0.1) is 0 Å². The summed E-state index contributed by atoms with van der Waals surface area (Å²) in [5, 5.41) is 2.92. The molecule has 0 spiro atoms. The minimum absolute atomic E-state index is 0.136. The number of nitrogens with one attached hydrogen (secondary N) is 1. The lowest BCUT2D eigenvalue weighted by Crippen LogP contribution is -2.17. The molecule has 0 unspecified atom stereocenters. The molecule has 1 aromatic carbocycles. The molecule has 4 nitrogen and oxygen atoms in total. The SMILES string of the molecule is CCCc1ccc(NC(=O)c2cc(N)cn2C(C)C)cc1. The number of anilines is 2. The van der Waals surface area contributed by atoms with Gasteiger partial charge in [0.05, 0.1) is 5.69 Å². The minimum Gasteiger partial charge on any atom is -0.397 e. The van der Waals surface area contributed by atoms with Crippen molar-refractivity contribution < 1.29 is 4.79 Å². The quantitative estimate of drug-likeness (QED) is 0.876. The number of carbonyl (C=O) groups is 1. The van der Waals surface area contributed by atoms with Crippen molar-refractivity contribution in [3.63, 3.8) is 0 Å². The summed E-state index contributed by atoms with van der Waals surface area (Å²) in [5.74, 6) is -0.136. The zero-order valence-corrected chi connectivity index (χ0v) is 12.9. The third-order valence-corrected chi connectivity index (χ3v) is 3.41. The molecule has 21 heavy (non-hydrogen) atoms. The fourth-order valence-electron chi connectivity index (χ4n) is 2.35. The first-order valence-corrected chi connectivity index (χ1v) is 7.39. The molecule has 0 atom stereocenters. The first kappa shape index (κ1) is 15.2. The van der Waals surface area contributed by atoms with Gasteiger partial charge in [0.2, 0.25) is 0 Å². The molecule has 4 heteroatoms. The van der Waals surface area contributed by atoms with Gasteiger partial charge in [0.1, 0.15) is 5.69 Å². The van der Waals surface area contributed by atoms with Gasteiger partial charge in [0.25, 0.3) is 5.91 Å². The van der Waals surface area contributed by atoms with Gasteiger partial charge >= 0.3 is 0 Å². The van der Waals surface area contributed by atoms with Crippen LogP contribution < -0.4 is 11.1 Å². The van der Waals surface area contributed by atoms with E-state index < -0.39 is 0 Å². The number of aromatic nitrogens is 1. The molecule has 0 aliphatic heterocycles. The van der Waals surface area contributed by atoms with Crippen LogP contribution in [0.25, 0.3) is 0 Å². The van der Waals surface area contributed by atoms with Gasteiger partial charge in [-0.1, -0.05) is 25.5 Å². The van der Waals surface area contributed by atoms with E-state index in [-0.39, 0.29) is 11.9 Å². The number of nitrogen functional groups attached to an aromatic ring is 1. The van der Waals surface area contributed by atoms with Gasteiger partial charge in [0.15, 0.2) is 0 Å². The van der Waals surface area contributed by atoms with E-state index in [1.165, 1.54) is 5.56 Å². The average Bonchev–Trinajstić information content (AvgIpc) is 2.84. The largest absolute Gasteiger partial charge is 0.397 e. The van der Waals surface area contributed by atoms with E-state index >= 15 is 0 Å². The van der Waals surface area contributed by atoms with Crippen molar-refractivity contribution in [3.8, 4) is 0 Å². The fourth-order valence-corrected chi connectivity index (χ4v) is 2.35. The molecule has 0 saturated heterocycles. The molecule has 0 bridgehead atoms. The second kappa shape index (κ2) is 6.48. The normalized spacial score (nSPS) is 10.9. The smallest absolute Gasteiger partial charge is 0.272 e. The van der Waals surface area contributed by atoms with E-state index in [1.54, 1.807) is 12.3 Å². The zero-order chi connectivity index (χ0) is 15.4. The van der Waals surface area contributed by atoms with Crippen molar-refractivity contribution in [1.82, 2.24) is 4.57 Å². The van der Waals surface area contributed by atoms with Gasteiger partial charge in [-0.2, -0.15) is 0 Å². The molecule has 2 aromatic rings. The van der Waals surface area contributed by atoms with Gasteiger partial charge < -0.3 is 15.6 Å². The van der Waals surface area contributed by atoms with E-state index in [1.807, 2.05) is 30.5 Å². The van der Waals surface area contributed by atoms with Crippen molar-refractivity contribution >= 4 is 17.3 Å². The summed E-state index contributed by atoms with van der Waals surface area (Å²) in [6.45, 7) is 6.20. The van der Waals surface area contributed by atoms with Crippen LogP contribution in [-0.2, 0) is 6.42 Å². The minimum atomic E-state index is -0.136. The molecule has 1 heterocycles. The molecule has 2 rings (SSSR count). The summed E-state index contributed by atoms with van der Waals surface area (Å²) in [6, 6.07) is 9.88. The predicted octanol–water partition coefficient (Wildman–Crippen LogP) is 3.86. The van der Waals surface area contributed by atoms with Crippen LogP contribution in [0.2, 0.25) is 0 Å². The molecule has 112 valence electrons. The Balaban J connectivity index is 2.14. The Labute approximate surface area is 126 Å². The first-order chi connectivity index (χ1) is 10.0. The Hall–Kier alpha value is -2.23. The van der Waals surface area contributed by atoms with Gasteiger partial charge in [-0.3, -0.25) is 4.79 Å². The monoisotopic (exact) mass is 285 g/mol. The van der Waals surface area contributed by atoms with E-state index in [4.69, 9.17) is 5.73 Å². The standard InChI is InChI=1S/C17H23N3O/c1-4-5-13-6-8-15(9-7-13)19-17(21)16-10-14(18)11-20(16)12(2)3/h6-12H,4-5,18H2,1-3H3,(H,19,21). The van der Waals surface area contributed by atoms with Crippen molar-refractivity contribution in [2.45, 2.75) is 39.7 Å². The molecule has 1 amide bonds. The number of nitrogens with two attached hydrogens (primary N) is 1. The average molecular weight is 285 g/mol. The van der Waals surface area contributed by atoms with Crippen LogP contribution in [0.4, 0.5) is 11.4 Å². The lowest BCUT2D eigenvalue weighted by atomic mass is 10.1. The number of amides is 1. The van der Waals surface area contributed by atoms with Crippen molar-refractivity contribution in [2.24, 2.45) is 0 Å². The molecular formula is C17H23N3O. The fraction of sp³-hybridized carbons (Fsp3) is 0.353. The topological polar surface area (TPSA) is 60.1 Å². The summed E-state index contributed by atoms with van der Waals surface area (Å²) >= 11 is 0. The van der Waals surface area contributed by atoms with E-state index in [0.717, 1.165) is 18.5 Å². The number of hydrogen-bond donors (Lipinski definition) is 2. The molecule has 3 N–H and O–H groups in total. The maximum Gasteiger partial charge on any atom is 0.272 e. The summed E-state index contributed by atoms with van der Waals surface area (Å²) in [7, 11) is 0. The lowest BCUT2D eigenvalue weighted by molar-refractivity contribution is 0.101. The van der Waals surface area contributed by atoms with Gasteiger partial charge in [0, 0.05) is 17.9 Å². The number of nitrogens with zero attached hydrogens (tertiary/aromatic N) is 1. The number of aryl methyl sites for hydroxylation is 1. The van der Waals surface area contributed by atoms with E-state index in [0.29, 0.717) is 11.4 Å². The number of benzene rings is 1. The van der Waals surface area contributed by atoms with Gasteiger partial charge in [-0.25, -0.2) is 0 Å². The van der Waals surface area contributed by atoms with Crippen molar-refractivity contribution in [3.05, 3.63) is 47.8 Å². The maximum absolute atomic E-state index is 12.4. The predicted molar refractivity (Wildman–Crippen MR) is 87.6 cm³/mol. The van der Waals surface area contributed by atoms with Crippen LogP contribution in [0.5, 0.6) is 0 Å². The molecule has 0 saturated carbocycles. The summed E-state index contributed by atoms with van der Waals surface area (Å²) in [4.78, 5) is 12.4. The second-order valence-corrected chi connectivity index (χ2v) is 5.56. The number of rotatable bonds is 5. The van der Waals surface area contributed by atoms with E-state index in [2.05, 4.69) is 24.4 Å². The Morgan fingerprint density at radius 2 is 1.95 bits per heavy atom. The Morgan fingerprint density at radius 3 is 2.52 bits per heavy atom. The van der Waals surface area contributed by atoms with Crippen LogP contribution in [0.15, 0.2) is 36.5 Å². The molecule has 0 fully saturated rings. The molecule has 1 aromatic heterocycles. The highest BCUT2D eigenvalue weighted by Crippen LogP contribution is 2.18. The highest BCUT2D eigenvalue weighted by atomic mass is 16.1. The van der Waals surface area contributed by atoms with E-state index in [9.17, 15) is 4.79 Å². The Morgan fingerprint density at radius 1 is 1.29 bits per heavy atom. The summed E-state index contributed by atoms with van der Waals surface area (Å²) < 4.78 is 1.89. The highest BCUT2D eigenvalue weighted by Gasteiger charge is 2.14. The highest BCUT2D eigenvalue weighted by molar-refractivity contribution is 6.03. The zero-order valence-electron chi connectivity index (χ0n) is 12.9. The second-order valence-electron chi connectivity index (χ2n) is 5.56. The van der Waals surface area contributed by atoms with Crippen LogP contribution in [0.3, 0.4) is 0 Å². The molecule has 0 aliphatic carbocycles. The third-order valence-electron chi connectivity index (χ3n) is 3.41. The maximum atomic E-state index is 12.4. The Bertz CT molecular complexity index is 611. The van der Waals surface area contributed by atoms with Crippen molar-refractivity contribution in [2.75, 3.05) is 11.1 Å². The molecular weight excluding hydrogens is 262 g/mol. The Kier molecular flexibility index (Phi) is 4.68.